The van der Waals surface area contributed by atoms with E-state index in [2.05, 4.69) is 5.32 Å². The Morgan fingerprint density at radius 1 is 1.03 bits per heavy atom. The highest BCUT2D eigenvalue weighted by Gasteiger charge is 2.26. The minimum Gasteiger partial charge on any atom is -0.444 e. The maximum Gasteiger partial charge on any atom is 0.408 e. The van der Waals surface area contributed by atoms with Crippen molar-refractivity contribution in [2.24, 2.45) is 0 Å². The van der Waals surface area contributed by atoms with Crippen LogP contribution in [0.2, 0.25) is 0 Å². The summed E-state index contributed by atoms with van der Waals surface area (Å²) in [4.78, 5) is 26.6. The topological polar surface area (TPSA) is 95.6 Å². The van der Waals surface area contributed by atoms with Crippen molar-refractivity contribution in [3.63, 3.8) is 0 Å². The monoisotopic (exact) mass is 468 g/mol. The molecule has 0 radical (unpaired) electrons. The molecule has 0 aliphatic heterocycles. The van der Waals surface area contributed by atoms with Gasteiger partial charge in [0.15, 0.2) is 6.29 Å². The number of carbonyl (C=O) groups excluding carboxylic acids is 2. The largest absolute Gasteiger partial charge is 0.444 e. The van der Waals surface area contributed by atoms with E-state index in [1.807, 2.05) is 30.3 Å². The summed E-state index contributed by atoms with van der Waals surface area (Å²) in [6.45, 7) is 8.86. The van der Waals surface area contributed by atoms with E-state index >= 15 is 0 Å². The molecule has 9 heteroatoms. The Morgan fingerprint density at radius 3 is 2.30 bits per heavy atom. The van der Waals surface area contributed by atoms with Crippen molar-refractivity contribution in [1.29, 1.82) is 0 Å². The van der Waals surface area contributed by atoms with E-state index in [1.54, 1.807) is 32.6 Å². The van der Waals surface area contributed by atoms with E-state index in [-0.39, 0.29) is 19.2 Å². The molecule has 1 aromatic carbocycles. The maximum atomic E-state index is 12.9. The van der Waals surface area contributed by atoms with Crippen LogP contribution in [0.1, 0.15) is 46.1 Å². The zero-order valence-electron chi connectivity index (χ0n) is 20.8. The van der Waals surface area contributed by atoms with Crippen molar-refractivity contribution >= 4 is 12.0 Å². The molecule has 9 nitrogen and oxygen atoms in total. The molecule has 0 unspecified atom stereocenters. The second kappa shape index (κ2) is 15.6. The highest BCUT2D eigenvalue weighted by atomic mass is 16.7. The second-order valence-electron chi connectivity index (χ2n) is 8.62. The molecule has 0 aliphatic rings. The van der Waals surface area contributed by atoms with Crippen molar-refractivity contribution in [2.45, 2.75) is 65.1 Å². The lowest BCUT2D eigenvalue weighted by Crippen LogP contribution is -2.50. The van der Waals surface area contributed by atoms with Gasteiger partial charge in [-0.25, -0.2) is 4.79 Å². The van der Waals surface area contributed by atoms with Crippen molar-refractivity contribution in [1.82, 2.24) is 10.2 Å². The van der Waals surface area contributed by atoms with E-state index in [0.717, 1.165) is 12.0 Å². The SMILES string of the molecule is COC(CN(CCCCOCOCc1ccccc1)C(=O)[C@@H](C)NC(=O)OC(C)(C)C)OC. The van der Waals surface area contributed by atoms with Gasteiger partial charge in [-0.05, 0) is 46.1 Å². The standard InChI is InChI=1S/C24H40N2O7/c1-19(25-23(28)33-24(2,3)4)22(27)26(16-21(29-5)30-6)14-10-11-15-31-18-32-17-20-12-8-7-9-13-20/h7-9,12-13,19,21H,10-11,14-18H2,1-6H3,(H,25,28)/t19-/m1/s1. The molecule has 2 amide bonds. The van der Waals surface area contributed by atoms with Gasteiger partial charge < -0.3 is 33.9 Å². The van der Waals surface area contributed by atoms with Crippen LogP contribution in [-0.2, 0) is 35.1 Å². The molecule has 1 aromatic rings. The summed E-state index contributed by atoms with van der Waals surface area (Å²) in [6.07, 6.45) is 0.258. The number of hydrogen-bond donors (Lipinski definition) is 1. The number of nitrogens with one attached hydrogen (secondary N) is 1. The molecule has 0 saturated heterocycles. The molecule has 0 bridgehead atoms. The normalized spacial score (nSPS) is 12.5. The molecule has 33 heavy (non-hydrogen) atoms. The lowest BCUT2D eigenvalue weighted by Gasteiger charge is -2.29. The van der Waals surface area contributed by atoms with Gasteiger partial charge in [0, 0.05) is 27.4 Å². The summed E-state index contributed by atoms with van der Waals surface area (Å²) in [5.74, 6) is -0.243. The lowest BCUT2D eigenvalue weighted by atomic mass is 10.2. The molecule has 0 aliphatic carbocycles. The number of benzene rings is 1. The van der Waals surface area contributed by atoms with E-state index in [9.17, 15) is 9.59 Å². The molecule has 0 fully saturated rings. The third kappa shape index (κ3) is 13.2. The minimum atomic E-state index is -0.753. The van der Waals surface area contributed by atoms with Gasteiger partial charge in [0.2, 0.25) is 5.91 Å². The van der Waals surface area contributed by atoms with E-state index < -0.39 is 24.0 Å². The Kier molecular flexibility index (Phi) is 13.6. The number of amides is 2. The first-order valence-electron chi connectivity index (χ1n) is 11.2. The smallest absolute Gasteiger partial charge is 0.408 e. The highest BCUT2D eigenvalue weighted by molar-refractivity contribution is 5.85. The van der Waals surface area contributed by atoms with Crippen LogP contribution in [0, 0.1) is 0 Å². The van der Waals surface area contributed by atoms with Gasteiger partial charge in [0.05, 0.1) is 13.2 Å². The molecule has 1 N–H and O–H groups in total. The maximum absolute atomic E-state index is 12.9. The Balaban J connectivity index is 2.42. The van der Waals surface area contributed by atoms with Crippen LogP contribution in [0.4, 0.5) is 4.79 Å². The summed E-state index contributed by atoms with van der Waals surface area (Å²) in [5.41, 5.74) is 0.448. The van der Waals surface area contributed by atoms with Crippen molar-refractivity contribution in [3.05, 3.63) is 35.9 Å². The summed E-state index contributed by atoms with van der Waals surface area (Å²) in [5, 5.41) is 2.59. The summed E-state index contributed by atoms with van der Waals surface area (Å²) in [6, 6.07) is 9.14. The van der Waals surface area contributed by atoms with E-state index in [4.69, 9.17) is 23.7 Å². The Labute approximate surface area is 197 Å². The van der Waals surface area contributed by atoms with Gasteiger partial charge in [-0.2, -0.15) is 0 Å². The number of nitrogens with zero attached hydrogens (tertiary/aromatic N) is 1. The average Bonchev–Trinajstić information content (AvgIpc) is 2.76. The molecule has 0 heterocycles. The number of alkyl carbamates (subject to hydrolysis) is 1. The quantitative estimate of drug-likeness (QED) is 0.312. The number of hydrogen-bond acceptors (Lipinski definition) is 7. The first-order valence-corrected chi connectivity index (χ1v) is 11.2. The third-order valence-electron chi connectivity index (χ3n) is 4.56. The molecular formula is C24H40N2O7. The Bertz CT molecular complexity index is 675. The van der Waals surface area contributed by atoms with Crippen molar-refractivity contribution in [3.8, 4) is 0 Å². The number of unbranched alkanes of at least 4 members (excludes halogenated alkanes) is 1. The lowest BCUT2D eigenvalue weighted by molar-refractivity contribution is -0.147. The Morgan fingerprint density at radius 2 is 1.70 bits per heavy atom. The van der Waals surface area contributed by atoms with Gasteiger partial charge in [-0.1, -0.05) is 30.3 Å². The molecule has 188 valence electrons. The van der Waals surface area contributed by atoms with Gasteiger partial charge in [-0.3, -0.25) is 4.79 Å². The number of rotatable bonds is 15. The van der Waals surface area contributed by atoms with Crippen LogP contribution in [0.3, 0.4) is 0 Å². The fourth-order valence-corrected chi connectivity index (χ4v) is 2.90. The predicted molar refractivity (Wildman–Crippen MR) is 125 cm³/mol. The molecule has 0 spiro atoms. The Hall–Kier alpha value is -2.20. The number of carbonyl (C=O) groups is 2. The van der Waals surface area contributed by atoms with Crippen LogP contribution in [0.15, 0.2) is 30.3 Å². The number of methoxy groups -OCH3 is 2. The van der Waals surface area contributed by atoms with Gasteiger partial charge in [0.25, 0.3) is 0 Å². The van der Waals surface area contributed by atoms with Crippen LogP contribution < -0.4 is 5.32 Å². The van der Waals surface area contributed by atoms with Gasteiger partial charge in [0.1, 0.15) is 18.4 Å². The molecule has 1 atom stereocenters. The fraction of sp³-hybridized carbons (Fsp3) is 0.667. The molecule has 0 aromatic heterocycles. The summed E-state index contributed by atoms with van der Waals surface area (Å²) < 4.78 is 26.7. The predicted octanol–water partition coefficient (Wildman–Crippen LogP) is 3.32. The third-order valence-corrected chi connectivity index (χ3v) is 4.56. The zero-order chi connectivity index (χ0) is 24.7. The highest BCUT2D eigenvalue weighted by Crippen LogP contribution is 2.08. The number of ether oxygens (including phenoxy) is 5. The minimum absolute atomic E-state index is 0.212. The second-order valence-corrected chi connectivity index (χ2v) is 8.62. The molecular weight excluding hydrogens is 428 g/mol. The molecule has 1 rings (SSSR count). The van der Waals surface area contributed by atoms with Crippen LogP contribution in [-0.4, -0.2) is 75.5 Å². The summed E-state index contributed by atoms with van der Waals surface area (Å²) in [7, 11) is 3.03. The fourth-order valence-electron chi connectivity index (χ4n) is 2.90. The van der Waals surface area contributed by atoms with Gasteiger partial charge in [-0.15, -0.1) is 0 Å². The van der Waals surface area contributed by atoms with Crippen molar-refractivity contribution in [2.75, 3.05) is 40.7 Å². The van der Waals surface area contributed by atoms with Crippen LogP contribution >= 0.6 is 0 Å². The zero-order valence-corrected chi connectivity index (χ0v) is 20.8. The van der Waals surface area contributed by atoms with E-state index in [0.29, 0.717) is 26.2 Å². The average molecular weight is 469 g/mol. The summed E-state index contributed by atoms with van der Waals surface area (Å²) >= 11 is 0. The first kappa shape index (κ1) is 28.8. The van der Waals surface area contributed by atoms with Crippen molar-refractivity contribution < 1.29 is 33.3 Å². The van der Waals surface area contributed by atoms with E-state index in [1.165, 1.54) is 14.2 Å². The van der Waals surface area contributed by atoms with Crippen LogP contribution in [0.25, 0.3) is 0 Å². The van der Waals surface area contributed by atoms with Gasteiger partial charge >= 0.3 is 6.09 Å². The molecule has 0 saturated carbocycles. The first-order chi connectivity index (χ1) is 15.7. The van der Waals surface area contributed by atoms with Crippen LogP contribution in [0.5, 0.6) is 0 Å².